The molecule has 1 aliphatic rings. The Morgan fingerprint density at radius 2 is 1.81 bits per heavy atom. The van der Waals surface area contributed by atoms with Gasteiger partial charge in [0.1, 0.15) is 4.88 Å². The zero-order valence-electron chi connectivity index (χ0n) is 11.4. The summed E-state index contributed by atoms with van der Waals surface area (Å²) in [5, 5.41) is 12.2. The first-order chi connectivity index (χ1) is 10.1. The summed E-state index contributed by atoms with van der Waals surface area (Å²) in [6.07, 6.45) is 4.50. The molecule has 0 fully saturated rings. The summed E-state index contributed by atoms with van der Waals surface area (Å²) in [5.41, 5.74) is 3.22. The summed E-state index contributed by atoms with van der Waals surface area (Å²) >= 11 is 1.06. The Morgan fingerprint density at radius 1 is 1.05 bits per heavy atom. The predicted octanol–water partition coefficient (Wildman–Crippen LogP) is 3.58. The number of aryl methyl sites for hydroxylation is 2. The van der Waals surface area contributed by atoms with Crippen LogP contribution in [-0.4, -0.2) is 17.0 Å². The van der Waals surface area contributed by atoms with Gasteiger partial charge in [-0.05, 0) is 61.1 Å². The molecular formula is C16H15NO3S. The lowest BCUT2D eigenvalue weighted by Gasteiger charge is -2.16. The third-order valence-electron chi connectivity index (χ3n) is 3.66. The van der Waals surface area contributed by atoms with Gasteiger partial charge in [-0.2, -0.15) is 0 Å². The van der Waals surface area contributed by atoms with Crippen LogP contribution >= 0.6 is 11.3 Å². The zero-order chi connectivity index (χ0) is 14.8. The molecule has 5 heteroatoms. The lowest BCUT2D eigenvalue weighted by Crippen LogP contribution is -2.12. The second kappa shape index (κ2) is 5.69. The Hall–Kier alpha value is -2.14. The Morgan fingerprint density at radius 3 is 2.52 bits per heavy atom. The van der Waals surface area contributed by atoms with E-state index in [0.717, 1.165) is 24.2 Å². The molecule has 4 nitrogen and oxygen atoms in total. The maximum absolute atomic E-state index is 12.2. The zero-order valence-corrected chi connectivity index (χ0v) is 12.2. The van der Waals surface area contributed by atoms with Crippen molar-refractivity contribution in [3.63, 3.8) is 0 Å². The van der Waals surface area contributed by atoms with Crippen molar-refractivity contribution in [1.82, 2.24) is 0 Å². The van der Waals surface area contributed by atoms with Crippen molar-refractivity contribution < 1.29 is 14.7 Å². The number of amides is 1. The smallest absolute Gasteiger partial charge is 0.345 e. The highest BCUT2D eigenvalue weighted by molar-refractivity contribution is 7.18. The SMILES string of the molecule is O=C(Nc1ccc(C(=O)O)s1)c1ccc2c(c1)CCCC2. The van der Waals surface area contributed by atoms with E-state index in [1.165, 1.54) is 30.0 Å². The number of nitrogens with one attached hydrogen (secondary N) is 1. The van der Waals surface area contributed by atoms with Crippen LogP contribution in [-0.2, 0) is 12.8 Å². The van der Waals surface area contributed by atoms with Crippen molar-refractivity contribution in [3.8, 4) is 0 Å². The highest BCUT2D eigenvalue weighted by Crippen LogP contribution is 2.25. The Balaban J connectivity index is 1.77. The van der Waals surface area contributed by atoms with Gasteiger partial charge < -0.3 is 10.4 Å². The fourth-order valence-corrected chi connectivity index (χ4v) is 3.32. The van der Waals surface area contributed by atoms with Gasteiger partial charge in [-0.3, -0.25) is 4.79 Å². The molecule has 0 aliphatic heterocycles. The number of carboxylic acid groups (broad SMARTS) is 1. The summed E-state index contributed by atoms with van der Waals surface area (Å²) in [4.78, 5) is 23.3. The predicted molar refractivity (Wildman–Crippen MR) is 82.3 cm³/mol. The Labute approximate surface area is 126 Å². The van der Waals surface area contributed by atoms with Crippen molar-refractivity contribution in [1.29, 1.82) is 0 Å². The van der Waals surface area contributed by atoms with Crippen molar-refractivity contribution in [2.75, 3.05) is 5.32 Å². The molecule has 0 bridgehead atoms. The molecule has 2 N–H and O–H groups in total. The minimum absolute atomic E-state index is 0.192. The van der Waals surface area contributed by atoms with E-state index in [4.69, 9.17) is 5.11 Å². The molecule has 2 aromatic rings. The van der Waals surface area contributed by atoms with E-state index in [2.05, 4.69) is 5.32 Å². The van der Waals surface area contributed by atoms with Gasteiger partial charge in [-0.15, -0.1) is 11.3 Å². The number of carbonyl (C=O) groups is 2. The van der Waals surface area contributed by atoms with Gasteiger partial charge in [0.25, 0.3) is 5.91 Å². The monoisotopic (exact) mass is 301 g/mol. The number of hydrogen-bond donors (Lipinski definition) is 2. The Bertz CT molecular complexity index is 705. The number of rotatable bonds is 3. The normalized spacial score (nSPS) is 13.5. The molecule has 0 saturated carbocycles. The fourth-order valence-electron chi connectivity index (χ4n) is 2.58. The molecule has 0 unspecified atom stereocenters. The number of hydrogen-bond acceptors (Lipinski definition) is 3. The van der Waals surface area contributed by atoms with Crippen molar-refractivity contribution in [2.24, 2.45) is 0 Å². The van der Waals surface area contributed by atoms with Crippen LogP contribution < -0.4 is 5.32 Å². The van der Waals surface area contributed by atoms with Crippen LogP contribution in [0.2, 0.25) is 0 Å². The van der Waals surface area contributed by atoms with Gasteiger partial charge in [-0.1, -0.05) is 6.07 Å². The lowest BCUT2D eigenvalue weighted by molar-refractivity contribution is 0.0702. The second-order valence-corrected chi connectivity index (χ2v) is 6.20. The number of anilines is 1. The quantitative estimate of drug-likeness (QED) is 0.910. The first-order valence-electron chi connectivity index (χ1n) is 6.90. The average Bonchev–Trinajstić information content (AvgIpc) is 2.95. The third kappa shape index (κ3) is 2.97. The maximum atomic E-state index is 12.2. The molecule has 1 aromatic carbocycles. The summed E-state index contributed by atoms with van der Waals surface area (Å²) in [5.74, 6) is -1.17. The highest BCUT2D eigenvalue weighted by atomic mass is 32.1. The largest absolute Gasteiger partial charge is 0.477 e. The molecular weight excluding hydrogens is 286 g/mol. The molecule has 108 valence electrons. The van der Waals surface area contributed by atoms with E-state index >= 15 is 0 Å². The van der Waals surface area contributed by atoms with Gasteiger partial charge >= 0.3 is 5.97 Å². The van der Waals surface area contributed by atoms with E-state index in [9.17, 15) is 9.59 Å². The van der Waals surface area contributed by atoms with Crippen molar-refractivity contribution >= 4 is 28.2 Å². The molecule has 3 rings (SSSR count). The number of benzene rings is 1. The van der Waals surface area contributed by atoms with Crippen molar-refractivity contribution in [3.05, 3.63) is 51.9 Å². The number of aromatic carboxylic acids is 1. The highest BCUT2D eigenvalue weighted by Gasteiger charge is 2.14. The molecule has 1 aliphatic carbocycles. The minimum atomic E-state index is -0.978. The van der Waals surface area contributed by atoms with Gasteiger partial charge in [0, 0.05) is 5.56 Å². The van der Waals surface area contributed by atoms with E-state index in [-0.39, 0.29) is 10.8 Å². The van der Waals surface area contributed by atoms with Crippen LogP contribution in [0.1, 0.15) is 44.0 Å². The fraction of sp³-hybridized carbons (Fsp3) is 0.250. The molecule has 1 heterocycles. The van der Waals surface area contributed by atoms with Gasteiger partial charge in [-0.25, -0.2) is 4.79 Å². The van der Waals surface area contributed by atoms with Gasteiger partial charge in [0.15, 0.2) is 0 Å². The number of fused-ring (bicyclic) bond motifs is 1. The standard InChI is InChI=1S/C16H15NO3S/c18-15(17-14-8-7-13(21-14)16(19)20)12-6-5-10-3-1-2-4-11(10)9-12/h5-9H,1-4H2,(H,17,18)(H,19,20). The van der Waals surface area contributed by atoms with Gasteiger partial charge in [0.05, 0.1) is 5.00 Å². The topological polar surface area (TPSA) is 66.4 Å². The van der Waals surface area contributed by atoms with Crippen LogP contribution in [0.25, 0.3) is 0 Å². The summed E-state index contributed by atoms with van der Waals surface area (Å²) < 4.78 is 0. The second-order valence-electron chi connectivity index (χ2n) is 5.11. The van der Waals surface area contributed by atoms with Crippen LogP contribution in [0, 0.1) is 0 Å². The van der Waals surface area contributed by atoms with Crippen LogP contribution in [0.15, 0.2) is 30.3 Å². The first-order valence-corrected chi connectivity index (χ1v) is 7.71. The Kier molecular flexibility index (Phi) is 3.75. The van der Waals surface area contributed by atoms with Crippen LogP contribution in [0.4, 0.5) is 5.00 Å². The minimum Gasteiger partial charge on any atom is -0.477 e. The number of carboxylic acids is 1. The third-order valence-corrected chi connectivity index (χ3v) is 4.65. The molecule has 1 amide bonds. The van der Waals surface area contributed by atoms with Crippen LogP contribution in [0.5, 0.6) is 0 Å². The summed E-state index contributed by atoms with van der Waals surface area (Å²) in [6, 6.07) is 8.93. The lowest BCUT2D eigenvalue weighted by atomic mass is 9.90. The molecule has 1 aromatic heterocycles. The van der Waals surface area contributed by atoms with E-state index in [1.54, 1.807) is 6.07 Å². The summed E-state index contributed by atoms with van der Waals surface area (Å²) in [7, 11) is 0. The van der Waals surface area contributed by atoms with E-state index < -0.39 is 5.97 Å². The number of thiophene rings is 1. The average molecular weight is 301 g/mol. The number of carbonyl (C=O) groups excluding carboxylic acids is 1. The first kappa shape index (κ1) is 13.8. The van der Waals surface area contributed by atoms with E-state index in [0.29, 0.717) is 10.6 Å². The van der Waals surface area contributed by atoms with Crippen LogP contribution in [0.3, 0.4) is 0 Å². The molecule has 0 spiro atoms. The van der Waals surface area contributed by atoms with E-state index in [1.807, 2.05) is 18.2 Å². The molecule has 0 saturated heterocycles. The molecule has 21 heavy (non-hydrogen) atoms. The summed E-state index contributed by atoms with van der Waals surface area (Å²) in [6.45, 7) is 0. The maximum Gasteiger partial charge on any atom is 0.345 e. The molecule has 0 radical (unpaired) electrons. The van der Waals surface area contributed by atoms with Gasteiger partial charge in [0.2, 0.25) is 0 Å². The van der Waals surface area contributed by atoms with Crippen molar-refractivity contribution in [2.45, 2.75) is 25.7 Å². The molecule has 0 atom stereocenters.